The molecule has 1 heterocycles. The van der Waals surface area contributed by atoms with Crippen LogP contribution in [0.15, 0.2) is 43.0 Å². The molecule has 1 N–H and O–H groups in total. The summed E-state index contributed by atoms with van der Waals surface area (Å²) in [5, 5.41) is 3.22. The zero-order valence-corrected chi connectivity index (χ0v) is 9.05. The van der Waals surface area contributed by atoms with E-state index in [0.29, 0.717) is 5.75 Å². The third kappa shape index (κ3) is 2.70. The number of nitrogens with one attached hydrogen (secondary N) is 1. The summed E-state index contributed by atoms with van der Waals surface area (Å²) in [6.45, 7) is 2.94. The van der Waals surface area contributed by atoms with E-state index in [0.717, 1.165) is 18.0 Å². The van der Waals surface area contributed by atoms with Gasteiger partial charge in [0.2, 0.25) is 0 Å². The number of benzene rings is 1. The van der Waals surface area contributed by atoms with Gasteiger partial charge in [0.25, 0.3) is 0 Å². The van der Waals surface area contributed by atoms with Gasteiger partial charge in [-0.3, -0.25) is 0 Å². The molecule has 1 aromatic carbocycles. The number of rotatable bonds is 4. The van der Waals surface area contributed by atoms with Crippen molar-refractivity contribution in [3.8, 4) is 11.5 Å². The Bertz CT molecular complexity index is 445. The maximum Gasteiger partial charge on any atom is 0.163 e. The van der Waals surface area contributed by atoms with Gasteiger partial charge in [0.05, 0.1) is 12.4 Å². The molecule has 0 spiro atoms. The van der Waals surface area contributed by atoms with E-state index >= 15 is 0 Å². The van der Waals surface area contributed by atoms with Gasteiger partial charge >= 0.3 is 0 Å². The van der Waals surface area contributed by atoms with Gasteiger partial charge in [0.1, 0.15) is 12.1 Å². The predicted molar refractivity (Wildman–Crippen MR) is 62.7 cm³/mol. The first-order valence-corrected chi connectivity index (χ1v) is 5.15. The molecule has 0 aliphatic carbocycles. The highest BCUT2D eigenvalue weighted by molar-refractivity contribution is 5.48. The van der Waals surface area contributed by atoms with Gasteiger partial charge in [-0.25, -0.2) is 9.97 Å². The summed E-state index contributed by atoms with van der Waals surface area (Å²) in [6.07, 6.45) is 4.74. The van der Waals surface area contributed by atoms with Crippen molar-refractivity contribution in [2.75, 3.05) is 11.9 Å². The number of aromatic nitrogens is 2. The summed E-state index contributed by atoms with van der Waals surface area (Å²) in [5.74, 6) is 1.41. The van der Waals surface area contributed by atoms with Crippen LogP contribution in [0.3, 0.4) is 0 Å². The number of hydrogen-bond donors (Lipinski definition) is 1. The third-order valence-corrected chi connectivity index (χ3v) is 1.99. The molecule has 4 heteroatoms. The van der Waals surface area contributed by atoms with E-state index in [9.17, 15) is 0 Å². The van der Waals surface area contributed by atoms with Crippen LogP contribution in [0.2, 0.25) is 0 Å². The van der Waals surface area contributed by atoms with Crippen LogP contribution in [0.25, 0.3) is 0 Å². The zero-order valence-electron chi connectivity index (χ0n) is 9.05. The van der Waals surface area contributed by atoms with E-state index in [1.54, 1.807) is 12.4 Å². The van der Waals surface area contributed by atoms with Crippen molar-refractivity contribution in [2.24, 2.45) is 0 Å². The number of nitrogens with zero attached hydrogens (tertiary/aromatic N) is 2. The lowest BCUT2D eigenvalue weighted by Gasteiger charge is -2.07. The summed E-state index contributed by atoms with van der Waals surface area (Å²) in [5.41, 5.74) is 1.04. The second-order valence-corrected chi connectivity index (χ2v) is 3.23. The summed E-state index contributed by atoms with van der Waals surface area (Å²) in [7, 11) is 0. The summed E-state index contributed by atoms with van der Waals surface area (Å²) in [4.78, 5) is 7.78. The molecule has 0 saturated heterocycles. The first-order valence-electron chi connectivity index (χ1n) is 5.15. The average Bonchev–Trinajstić information content (AvgIpc) is 2.31. The highest BCUT2D eigenvalue weighted by atomic mass is 16.5. The van der Waals surface area contributed by atoms with Gasteiger partial charge in [-0.15, -0.1) is 0 Å². The van der Waals surface area contributed by atoms with Gasteiger partial charge in [-0.05, 0) is 19.1 Å². The molecule has 0 fully saturated rings. The fraction of sp³-hybridized carbons (Fsp3) is 0.167. The molecule has 0 aliphatic rings. The van der Waals surface area contributed by atoms with Crippen LogP contribution in [-0.4, -0.2) is 16.5 Å². The molecule has 0 bridgehead atoms. The molecular weight excluding hydrogens is 202 g/mol. The minimum absolute atomic E-state index is 0.635. The standard InChI is InChI=1S/C12H13N3O/c1-2-15-10-4-3-5-11(6-10)16-12-7-13-9-14-8-12/h3-9,15H,2H2,1H3. The Kier molecular flexibility index (Phi) is 3.33. The van der Waals surface area contributed by atoms with Crippen LogP contribution in [0, 0.1) is 0 Å². The smallest absolute Gasteiger partial charge is 0.163 e. The topological polar surface area (TPSA) is 47.0 Å². The van der Waals surface area contributed by atoms with Crippen LogP contribution in [0.5, 0.6) is 11.5 Å². The largest absolute Gasteiger partial charge is 0.454 e. The van der Waals surface area contributed by atoms with Crippen molar-refractivity contribution in [1.82, 2.24) is 9.97 Å². The molecular formula is C12H13N3O. The minimum Gasteiger partial charge on any atom is -0.454 e. The highest BCUT2D eigenvalue weighted by Gasteiger charge is 1.98. The Morgan fingerprint density at radius 2 is 2.00 bits per heavy atom. The lowest BCUT2D eigenvalue weighted by Crippen LogP contribution is -1.96. The molecule has 0 radical (unpaired) electrons. The molecule has 0 amide bonds. The van der Waals surface area contributed by atoms with Crippen molar-refractivity contribution < 1.29 is 4.74 Å². The fourth-order valence-electron chi connectivity index (χ4n) is 1.35. The van der Waals surface area contributed by atoms with Gasteiger partial charge < -0.3 is 10.1 Å². The van der Waals surface area contributed by atoms with E-state index < -0.39 is 0 Å². The predicted octanol–water partition coefficient (Wildman–Crippen LogP) is 2.70. The Morgan fingerprint density at radius 1 is 1.19 bits per heavy atom. The van der Waals surface area contributed by atoms with E-state index in [1.165, 1.54) is 6.33 Å². The lowest BCUT2D eigenvalue weighted by atomic mass is 10.3. The number of anilines is 1. The Morgan fingerprint density at radius 3 is 2.75 bits per heavy atom. The Labute approximate surface area is 94.3 Å². The maximum atomic E-state index is 5.60. The normalized spacial score (nSPS) is 9.81. The Hall–Kier alpha value is -2.10. The van der Waals surface area contributed by atoms with Crippen molar-refractivity contribution in [3.63, 3.8) is 0 Å². The van der Waals surface area contributed by atoms with Crippen LogP contribution in [0.1, 0.15) is 6.92 Å². The van der Waals surface area contributed by atoms with E-state index in [1.807, 2.05) is 24.3 Å². The van der Waals surface area contributed by atoms with Gasteiger partial charge in [-0.2, -0.15) is 0 Å². The maximum absolute atomic E-state index is 5.60. The van der Waals surface area contributed by atoms with Gasteiger partial charge in [0, 0.05) is 18.3 Å². The Balaban J connectivity index is 2.12. The van der Waals surface area contributed by atoms with Crippen LogP contribution < -0.4 is 10.1 Å². The summed E-state index contributed by atoms with van der Waals surface area (Å²) >= 11 is 0. The highest BCUT2D eigenvalue weighted by Crippen LogP contribution is 2.22. The molecule has 2 rings (SSSR count). The molecule has 0 atom stereocenters. The third-order valence-electron chi connectivity index (χ3n) is 1.99. The SMILES string of the molecule is CCNc1cccc(Oc2cncnc2)c1. The average molecular weight is 215 g/mol. The van der Waals surface area contributed by atoms with Crippen molar-refractivity contribution >= 4 is 5.69 Å². The van der Waals surface area contributed by atoms with E-state index in [4.69, 9.17) is 4.74 Å². The monoisotopic (exact) mass is 215 g/mol. The van der Waals surface area contributed by atoms with Crippen LogP contribution in [0.4, 0.5) is 5.69 Å². The minimum atomic E-state index is 0.635. The summed E-state index contributed by atoms with van der Waals surface area (Å²) in [6, 6.07) is 7.78. The van der Waals surface area contributed by atoms with Crippen molar-refractivity contribution in [1.29, 1.82) is 0 Å². The number of ether oxygens (including phenoxy) is 1. The first kappa shape index (κ1) is 10.4. The zero-order chi connectivity index (χ0) is 11.2. The first-order chi connectivity index (χ1) is 7.88. The van der Waals surface area contributed by atoms with Crippen LogP contribution in [-0.2, 0) is 0 Å². The second kappa shape index (κ2) is 5.11. The van der Waals surface area contributed by atoms with Crippen molar-refractivity contribution in [2.45, 2.75) is 6.92 Å². The molecule has 4 nitrogen and oxygen atoms in total. The van der Waals surface area contributed by atoms with Crippen LogP contribution >= 0.6 is 0 Å². The molecule has 82 valence electrons. The molecule has 0 unspecified atom stereocenters. The van der Waals surface area contributed by atoms with E-state index in [-0.39, 0.29) is 0 Å². The summed E-state index contributed by atoms with van der Waals surface area (Å²) < 4.78 is 5.60. The molecule has 0 aliphatic heterocycles. The quantitative estimate of drug-likeness (QED) is 0.851. The van der Waals surface area contributed by atoms with Gasteiger partial charge in [0.15, 0.2) is 5.75 Å². The fourth-order valence-corrected chi connectivity index (χ4v) is 1.35. The molecule has 16 heavy (non-hydrogen) atoms. The molecule has 2 aromatic rings. The van der Waals surface area contributed by atoms with Crippen molar-refractivity contribution in [3.05, 3.63) is 43.0 Å². The molecule has 1 aromatic heterocycles. The second-order valence-electron chi connectivity index (χ2n) is 3.23. The number of hydrogen-bond acceptors (Lipinski definition) is 4. The van der Waals surface area contributed by atoms with Gasteiger partial charge in [-0.1, -0.05) is 6.07 Å². The molecule has 0 saturated carbocycles. The lowest BCUT2D eigenvalue weighted by molar-refractivity contribution is 0.477. The van der Waals surface area contributed by atoms with E-state index in [2.05, 4.69) is 22.2 Å².